The second-order valence-corrected chi connectivity index (χ2v) is 6.96. The SMILES string of the molecule is Cc1ccc([C@@H]2CN(CCC(=O)O)C[C@H]2NC(=O)C2CCOCC2)o1. The minimum atomic E-state index is -0.805. The van der Waals surface area contributed by atoms with Crippen LogP contribution in [-0.2, 0) is 14.3 Å². The van der Waals surface area contributed by atoms with Crippen molar-refractivity contribution in [3.05, 3.63) is 23.7 Å². The van der Waals surface area contributed by atoms with Gasteiger partial charge < -0.3 is 19.6 Å². The highest BCUT2D eigenvalue weighted by Gasteiger charge is 2.37. The minimum Gasteiger partial charge on any atom is -0.481 e. The number of hydrogen-bond acceptors (Lipinski definition) is 5. The number of aliphatic carboxylic acids is 1. The highest BCUT2D eigenvalue weighted by Crippen LogP contribution is 2.30. The number of amides is 1. The number of ether oxygens (including phenoxy) is 1. The van der Waals surface area contributed by atoms with E-state index in [0.717, 1.165) is 24.4 Å². The molecule has 1 amide bonds. The largest absolute Gasteiger partial charge is 0.481 e. The van der Waals surface area contributed by atoms with Crippen molar-refractivity contribution in [2.75, 3.05) is 32.8 Å². The number of carbonyl (C=O) groups is 2. The molecule has 2 aliphatic heterocycles. The molecule has 0 unspecified atom stereocenters. The van der Waals surface area contributed by atoms with Crippen molar-refractivity contribution in [2.24, 2.45) is 5.92 Å². The molecule has 0 bridgehead atoms. The molecular weight excluding hydrogens is 324 g/mol. The Morgan fingerprint density at radius 1 is 1.28 bits per heavy atom. The summed E-state index contributed by atoms with van der Waals surface area (Å²) < 4.78 is 11.1. The van der Waals surface area contributed by atoms with Crippen molar-refractivity contribution >= 4 is 11.9 Å². The lowest BCUT2D eigenvalue weighted by atomic mass is 9.96. The van der Waals surface area contributed by atoms with Crippen molar-refractivity contribution in [3.8, 4) is 0 Å². The zero-order valence-corrected chi connectivity index (χ0v) is 14.6. The first-order chi connectivity index (χ1) is 12.0. The molecule has 7 heteroatoms. The molecule has 0 radical (unpaired) electrons. The predicted molar refractivity (Wildman–Crippen MR) is 90.4 cm³/mol. The Morgan fingerprint density at radius 2 is 2.04 bits per heavy atom. The fraction of sp³-hybridized carbons (Fsp3) is 0.667. The van der Waals surface area contributed by atoms with Gasteiger partial charge >= 0.3 is 5.97 Å². The summed E-state index contributed by atoms with van der Waals surface area (Å²) in [6, 6.07) is 3.82. The summed E-state index contributed by atoms with van der Waals surface area (Å²) in [5.41, 5.74) is 0. The summed E-state index contributed by atoms with van der Waals surface area (Å²) in [4.78, 5) is 25.5. The van der Waals surface area contributed by atoms with Crippen molar-refractivity contribution in [1.82, 2.24) is 10.2 Å². The second-order valence-electron chi connectivity index (χ2n) is 6.96. The third kappa shape index (κ3) is 4.61. The molecule has 0 spiro atoms. The highest BCUT2D eigenvalue weighted by molar-refractivity contribution is 5.79. The molecule has 7 nitrogen and oxygen atoms in total. The number of likely N-dealkylation sites (tertiary alicyclic amines) is 1. The average Bonchev–Trinajstić information content (AvgIpc) is 3.20. The van der Waals surface area contributed by atoms with Gasteiger partial charge in [-0.15, -0.1) is 0 Å². The van der Waals surface area contributed by atoms with E-state index in [0.29, 0.717) is 32.8 Å². The summed E-state index contributed by atoms with van der Waals surface area (Å²) in [6.07, 6.45) is 1.61. The lowest BCUT2D eigenvalue weighted by molar-refractivity contribution is -0.137. The first-order valence-corrected chi connectivity index (χ1v) is 8.91. The normalized spacial score (nSPS) is 25.2. The maximum atomic E-state index is 12.6. The van der Waals surface area contributed by atoms with E-state index in [1.54, 1.807) is 0 Å². The maximum Gasteiger partial charge on any atom is 0.304 e. The topological polar surface area (TPSA) is 92.0 Å². The van der Waals surface area contributed by atoms with Crippen LogP contribution in [0.5, 0.6) is 0 Å². The molecule has 2 saturated heterocycles. The van der Waals surface area contributed by atoms with Crippen LogP contribution in [0.2, 0.25) is 0 Å². The van der Waals surface area contributed by atoms with E-state index in [1.807, 2.05) is 19.1 Å². The van der Waals surface area contributed by atoms with E-state index in [-0.39, 0.29) is 30.2 Å². The molecule has 2 N–H and O–H groups in total. The highest BCUT2D eigenvalue weighted by atomic mass is 16.5. The van der Waals surface area contributed by atoms with E-state index < -0.39 is 5.97 Å². The lowest BCUT2D eigenvalue weighted by Crippen LogP contribution is -2.44. The maximum absolute atomic E-state index is 12.6. The molecule has 0 aromatic carbocycles. The van der Waals surface area contributed by atoms with Gasteiger partial charge in [-0.25, -0.2) is 0 Å². The van der Waals surface area contributed by atoms with Crippen molar-refractivity contribution in [3.63, 3.8) is 0 Å². The van der Waals surface area contributed by atoms with Crippen LogP contribution in [0.25, 0.3) is 0 Å². The number of carboxylic acids is 1. The van der Waals surface area contributed by atoms with Gasteiger partial charge in [0.25, 0.3) is 0 Å². The Morgan fingerprint density at radius 3 is 2.68 bits per heavy atom. The van der Waals surface area contributed by atoms with Crippen LogP contribution in [0, 0.1) is 12.8 Å². The molecule has 1 aromatic heterocycles. The third-order valence-electron chi connectivity index (χ3n) is 5.08. The van der Waals surface area contributed by atoms with Crippen LogP contribution in [0.3, 0.4) is 0 Å². The quantitative estimate of drug-likeness (QED) is 0.805. The lowest BCUT2D eigenvalue weighted by Gasteiger charge is -2.25. The number of nitrogens with zero attached hydrogens (tertiary/aromatic N) is 1. The Balaban J connectivity index is 1.66. The number of aryl methyl sites for hydroxylation is 1. The van der Waals surface area contributed by atoms with Gasteiger partial charge in [-0.3, -0.25) is 14.5 Å². The molecule has 2 aliphatic rings. The van der Waals surface area contributed by atoms with Crippen molar-refractivity contribution in [2.45, 2.75) is 38.1 Å². The molecule has 3 rings (SSSR count). The first-order valence-electron chi connectivity index (χ1n) is 8.91. The van der Waals surface area contributed by atoms with Crippen LogP contribution < -0.4 is 5.32 Å². The van der Waals surface area contributed by atoms with Crippen LogP contribution >= 0.6 is 0 Å². The molecule has 25 heavy (non-hydrogen) atoms. The van der Waals surface area contributed by atoms with Crippen LogP contribution in [0.15, 0.2) is 16.5 Å². The van der Waals surface area contributed by atoms with Gasteiger partial charge in [0.05, 0.1) is 18.4 Å². The van der Waals surface area contributed by atoms with Gasteiger partial charge in [0, 0.05) is 38.8 Å². The second kappa shape index (κ2) is 8.01. The third-order valence-corrected chi connectivity index (χ3v) is 5.08. The molecule has 138 valence electrons. The predicted octanol–water partition coefficient (Wildman–Crippen LogP) is 1.37. The van der Waals surface area contributed by atoms with Gasteiger partial charge in [-0.2, -0.15) is 0 Å². The van der Waals surface area contributed by atoms with Gasteiger partial charge in [-0.1, -0.05) is 0 Å². The number of nitrogens with one attached hydrogen (secondary N) is 1. The van der Waals surface area contributed by atoms with E-state index in [2.05, 4.69) is 10.2 Å². The Hall–Kier alpha value is -1.86. The molecule has 2 atom stereocenters. The van der Waals surface area contributed by atoms with Crippen molar-refractivity contribution in [1.29, 1.82) is 0 Å². The molecule has 1 aromatic rings. The van der Waals surface area contributed by atoms with Gasteiger partial charge in [0.2, 0.25) is 5.91 Å². The Kier molecular flexibility index (Phi) is 5.75. The molecule has 2 fully saturated rings. The number of carbonyl (C=O) groups excluding carboxylic acids is 1. The standard InChI is InChI=1S/C18H26N2O5/c1-12-2-3-16(25-12)14-10-20(7-4-17(21)22)11-15(14)19-18(23)13-5-8-24-9-6-13/h2-3,13-15H,4-11H2,1H3,(H,19,23)(H,21,22)/t14-,15-/m1/s1. The van der Waals surface area contributed by atoms with Crippen LogP contribution in [0.1, 0.15) is 36.7 Å². The fourth-order valence-electron chi connectivity index (χ4n) is 3.67. The van der Waals surface area contributed by atoms with Crippen LogP contribution in [-0.4, -0.2) is 60.8 Å². The van der Waals surface area contributed by atoms with Gasteiger partial charge in [0.1, 0.15) is 11.5 Å². The zero-order valence-electron chi connectivity index (χ0n) is 14.6. The average molecular weight is 350 g/mol. The number of hydrogen-bond donors (Lipinski definition) is 2. The van der Waals surface area contributed by atoms with Gasteiger partial charge in [0.15, 0.2) is 0 Å². The van der Waals surface area contributed by atoms with Gasteiger partial charge in [-0.05, 0) is 31.9 Å². The summed E-state index contributed by atoms with van der Waals surface area (Å²) in [7, 11) is 0. The Labute approximate surface area is 147 Å². The Bertz CT molecular complexity index is 608. The smallest absolute Gasteiger partial charge is 0.304 e. The van der Waals surface area contributed by atoms with Crippen LogP contribution in [0.4, 0.5) is 0 Å². The summed E-state index contributed by atoms with van der Waals surface area (Å²) >= 11 is 0. The molecule has 0 saturated carbocycles. The number of rotatable bonds is 6. The first kappa shape index (κ1) is 17.9. The van der Waals surface area contributed by atoms with E-state index in [4.69, 9.17) is 14.3 Å². The molecular formula is C18H26N2O5. The molecule has 3 heterocycles. The summed E-state index contributed by atoms with van der Waals surface area (Å²) in [5, 5.41) is 12.1. The molecule has 0 aliphatic carbocycles. The number of carboxylic acid groups (broad SMARTS) is 1. The number of furan rings is 1. The summed E-state index contributed by atoms with van der Waals surface area (Å²) in [5.74, 6) is 1.01. The van der Waals surface area contributed by atoms with E-state index >= 15 is 0 Å². The minimum absolute atomic E-state index is 0.000747. The van der Waals surface area contributed by atoms with Crippen molar-refractivity contribution < 1.29 is 23.8 Å². The van der Waals surface area contributed by atoms with E-state index in [1.165, 1.54) is 0 Å². The zero-order chi connectivity index (χ0) is 17.8. The monoisotopic (exact) mass is 350 g/mol. The van der Waals surface area contributed by atoms with E-state index in [9.17, 15) is 9.59 Å². The summed E-state index contributed by atoms with van der Waals surface area (Å²) in [6.45, 7) is 4.99. The fourth-order valence-corrected chi connectivity index (χ4v) is 3.67.